The van der Waals surface area contributed by atoms with Gasteiger partial charge in [-0.05, 0) is 60.9 Å². The molecule has 0 fully saturated rings. The van der Waals surface area contributed by atoms with Crippen LogP contribution in [0.3, 0.4) is 0 Å². The first-order valence-electron chi connectivity index (χ1n) is 24.3. The number of amides is 8. The fourth-order valence-electron chi connectivity index (χ4n) is 8.49. The van der Waals surface area contributed by atoms with Gasteiger partial charge in [-0.2, -0.15) is 0 Å². The zero-order chi connectivity index (χ0) is 55.5. The third-order valence-electron chi connectivity index (χ3n) is 12.3. The van der Waals surface area contributed by atoms with E-state index in [1.165, 1.54) is 25.6 Å². The van der Waals surface area contributed by atoms with Crippen LogP contribution in [-0.2, 0) is 83.4 Å². The number of rotatable bonds is 24. The number of fused-ring (bicyclic) bond motifs is 4. The molecule has 4 heterocycles. The van der Waals surface area contributed by atoms with Crippen LogP contribution in [0.2, 0.25) is 3.98 Å². The molecule has 403 valence electrons. The smallest absolute Gasteiger partial charge is 0.308 e. The molecule has 0 spiro atoms. The Labute approximate surface area is 448 Å². The number of methoxy groups -OCH3 is 1. The Hall–Kier alpha value is -6.65. The van der Waals surface area contributed by atoms with Crippen LogP contribution in [0.25, 0.3) is 22.3 Å². The first-order valence-corrected chi connectivity index (χ1v) is 27.1. The van der Waals surface area contributed by atoms with Crippen molar-refractivity contribution >= 4 is 96.5 Å². The number of imide groups is 1. The molecule has 23 nitrogen and oxygen atoms in total. The number of nitrogens with one attached hydrogen (secondary N) is 7. The molecule has 1 aliphatic carbocycles. The van der Waals surface area contributed by atoms with Crippen LogP contribution in [0.4, 0.5) is 4.39 Å². The second kappa shape index (κ2) is 29.4. The van der Waals surface area contributed by atoms with Gasteiger partial charge < -0.3 is 24.2 Å². The van der Waals surface area contributed by atoms with E-state index in [1.807, 2.05) is 33.8 Å². The van der Waals surface area contributed by atoms with E-state index < -0.39 is 79.2 Å². The van der Waals surface area contributed by atoms with Crippen molar-refractivity contribution in [2.45, 2.75) is 102 Å². The number of nitrogens with zero attached hydrogens (tertiary/aromatic N) is 3. The first kappa shape index (κ1) is 60.9. The monoisotopic (exact) mass is 1240 g/mol. The van der Waals surface area contributed by atoms with Gasteiger partial charge in [0.25, 0.3) is 17.4 Å². The predicted molar refractivity (Wildman–Crippen MR) is 271 cm³/mol. The van der Waals surface area contributed by atoms with E-state index in [0.717, 1.165) is 59.9 Å². The summed E-state index contributed by atoms with van der Waals surface area (Å²) in [6.07, 6.45) is 5.90. The summed E-state index contributed by atoms with van der Waals surface area (Å²) >= 11 is 0.525. The van der Waals surface area contributed by atoms with Gasteiger partial charge in [0.15, 0.2) is 0 Å². The van der Waals surface area contributed by atoms with Crippen LogP contribution >= 0.6 is 0 Å². The summed E-state index contributed by atoms with van der Waals surface area (Å²) in [4.78, 5) is 138. The molecule has 0 bridgehead atoms. The number of aromatic nitrogens is 2. The van der Waals surface area contributed by atoms with Crippen molar-refractivity contribution in [1.29, 1.82) is 0 Å². The van der Waals surface area contributed by atoms with Crippen LogP contribution in [0, 0.1) is 12.7 Å². The second-order valence-electron chi connectivity index (χ2n) is 17.0. The van der Waals surface area contributed by atoms with Gasteiger partial charge in [-0.3, -0.25) is 14.4 Å². The molecular weight excluding hydrogens is 1170 g/mol. The number of halogens is 1. The quantitative estimate of drug-likeness (QED) is 0.0145. The maximum absolute atomic E-state index is 14.6. The van der Waals surface area contributed by atoms with E-state index in [4.69, 9.17) is 14.5 Å². The normalized spacial score (nSPS) is 14.3. The summed E-state index contributed by atoms with van der Waals surface area (Å²) in [5, 5.41) is 17.8. The van der Waals surface area contributed by atoms with E-state index in [0.29, 0.717) is 81.8 Å². The fourth-order valence-corrected chi connectivity index (χ4v) is 9.61. The van der Waals surface area contributed by atoms with Gasteiger partial charge in [-0.25, -0.2) is 9.37 Å². The number of carbonyl (C=O) groups is 10. The second-order valence-corrected chi connectivity index (χ2v) is 18.6. The van der Waals surface area contributed by atoms with Gasteiger partial charge in [0, 0.05) is 54.8 Å². The van der Waals surface area contributed by atoms with E-state index >= 15 is 0 Å². The predicted octanol–water partition coefficient (Wildman–Crippen LogP) is -1.06. The first-order chi connectivity index (χ1) is 35.9. The summed E-state index contributed by atoms with van der Waals surface area (Å²) in [7, 11) is 2.99. The number of hydrogen-bond acceptors (Lipinski definition) is 15. The molecule has 3 radical (unpaired) electrons. The van der Waals surface area contributed by atoms with Crippen molar-refractivity contribution in [3.05, 3.63) is 73.8 Å². The molecular formula is C50H64FN10O13Pb. The summed E-state index contributed by atoms with van der Waals surface area (Å²) in [6, 6.07) is 1.15. The zero-order valence-electron chi connectivity index (χ0n) is 43.0. The van der Waals surface area contributed by atoms with Crippen molar-refractivity contribution in [2.75, 3.05) is 53.6 Å². The minimum Gasteiger partial charge on any atom is -0.308 e. The third kappa shape index (κ3) is 15.2. The summed E-state index contributed by atoms with van der Waals surface area (Å²) in [6.45, 7) is 7.72. The SMILES string of the molecule is CC.CCC(C=O)c1cc2n(c(=O)c1COC)Cc1c-2nc2cc(F)c(C)c3c2c1CCC3.CNC(=O)C(C)OCNC(=O)CNC(=O)C([CH2][Pb])NC(=O)CNC(=O)CNC(=O)C(CNCC=O)N1C(=O)C=CC1=O. The molecule has 7 N–H and O–H groups in total. The Morgan fingerprint density at radius 2 is 1.52 bits per heavy atom. The van der Waals surface area contributed by atoms with Crippen LogP contribution in [0.15, 0.2) is 29.1 Å². The molecule has 4 unspecified atom stereocenters. The van der Waals surface area contributed by atoms with Crippen molar-refractivity contribution in [1.82, 2.24) is 51.7 Å². The maximum atomic E-state index is 14.6. The number of ether oxygens (including phenoxy) is 2. The summed E-state index contributed by atoms with van der Waals surface area (Å²) in [5.74, 6) is -5.97. The fraction of sp³-hybridized carbons (Fsp3) is 0.480. The Morgan fingerprint density at radius 3 is 2.13 bits per heavy atom. The van der Waals surface area contributed by atoms with Gasteiger partial charge in [0.2, 0.25) is 0 Å². The standard InChI is InChI=1S/C25H25FN2O3.C23H33N8O10.C2H6.Pb/c1-4-14(11-29)17-8-22-24-18(10-28(22)25(30)19(17)12-31-3)16-7-5-6-15-13(2)20(26)9-21(27-24)23(15)16;1-13(21(38)27-10-17(34)29-12-41-14(2)22(39)24-3)30-18(35)11-26-16(33)9-28-23(40)15(8-25-6-7-32)31-19(36)4-5-20(31)37;1-2;/h8-9,11,14H,4-7,10,12H2,1-3H3;4-5,7,13-15,25H,1,6,8-12H2,2-3H3,(H,24,39)(H,26,33)(H,27,38)(H,28,40)(H,29,34)(H,30,35);1-2H3;. The average molecular weight is 1240 g/mol. The Balaban J connectivity index is 0.000000325. The number of likely N-dealkylation sites (N-methyl/N-ethyl adjacent to an activating group) is 1. The minimum absolute atomic E-state index is 0.135. The summed E-state index contributed by atoms with van der Waals surface area (Å²) in [5.41, 5.74) is 7.17. The van der Waals surface area contributed by atoms with Crippen molar-refractivity contribution in [2.24, 2.45) is 0 Å². The topological polar surface area (TPSA) is 311 Å². The molecule has 25 heteroatoms. The summed E-state index contributed by atoms with van der Waals surface area (Å²) < 4.78 is 27.1. The number of aryl methyl sites for hydroxylation is 2. The van der Waals surface area contributed by atoms with E-state index in [1.54, 1.807) is 11.7 Å². The molecule has 0 saturated carbocycles. The molecule has 1 aromatic carbocycles. The number of aldehydes is 2. The molecule has 2 aromatic heterocycles. The van der Waals surface area contributed by atoms with Crippen LogP contribution < -0.4 is 42.8 Å². The number of carbonyl (C=O) groups excluding carboxylic acids is 10. The third-order valence-corrected chi connectivity index (χ3v) is 13.9. The van der Waals surface area contributed by atoms with E-state index in [-0.39, 0.29) is 49.6 Å². The van der Waals surface area contributed by atoms with Crippen LogP contribution in [-0.4, -0.2) is 172 Å². The number of benzene rings is 1. The number of hydrogen-bond donors (Lipinski definition) is 7. The number of pyridine rings is 2. The van der Waals surface area contributed by atoms with Crippen LogP contribution in [0.5, 0.6) is 0 Å². The molecule has 75 heavy (non-hydrogen) atoms. The van der Waals surface area contributed by atoms with Gasteiger partial charge in [-0.1, -0.05) is 20.8 Å². The molecule has 3 aliphatic rings. The Morgan fingerprint density at radius 1 is 0.880 bits per heavy atom. The van der Waals surface area contributed by atoms with Gasteiger partial charge in [-0.15, -0.1) is 0 Å². The Bertz CT molecular complexity index is 2750. The average Bonchev–Trinajstić information content (AvgIpc) is 3.95. The van der Waals surface area contributed by atoms with Crippen molar-refractivity contribution in [3.8, 4) is 11.4 Å². The van der Waals surface area contributed by atoms with E-state index in [2.05, 4.69) is 37.2 Å². The van der Waals surface area contributed by atoms with Crippen LogP contribution in [0.1, 0.15) is 79.8 Å². The van der Waals surface area contributed by atoms with Crippen molar-refractivity contribution < 1.29 is 61.8 Å². The molecule has 3 aromatic rings. The molecule has 6 rings (SSSR count). The Kier molecular flexibility index (Phi) is 23.9. The van der Waals surface area contributed by atoms with Gasteiger partial charge in [0.05, 0.1) is 36.6 Å². The zero-order valence-corrected chi connectivity index (χ0v) is 46.9. The molecule has 4 atom stereocenters. The molecule has 2 aliphatic heterocycles. The molecule has 8 amide bonds. The minimum atomic E-state index is -1.33. The van der Waals surface area contributed by atoms with Crippen molar-refractivity contribution in [3.63, 3.8) is 0 Å². The van der Waals surface area contributed by atoms with E-state index in [9.17, 15) is 57.1 Å². The van der Waals surface area contributed by atoms with Gasteiger partial charge >= 0.3 is 194 Å². The van der Waals surface area contributed by atoms with Gasteiger partial charge in [0.1, 0.15) is 18.4 Å². The molecule has 0 saturated heterocycles.